The topological polar surface area (TPSA) is 38.7 Å². The number of hydrogen-bond acceptors (Lipinski definition) is 4. The molecule has 0 aromatic heterocycles. The molecule has 0 radical (unpaired) electrons. The standard InChI is InChI=1S/C17H35N3O/c1-5-9-18-17(13-21)8-6-7-16(10-17)20-11-14(2)19(4)15(3)12-20/h14-16,18,21H,5-13H2,1-4H3. The summed E-state index contributed by atoms with van der Waals surface area (Å²) in [5.74, 6) is 0. The van der Waals surface area contributed by atoms with Crippen LogP contribution in [0.4, 0.5) is 0 Å². The van der Waals surface area contributed by atoms with Gasteiger partial charge in [0.25, 0.3) is 0 Å². The van der Waals surface area contributed by atoms with Crippen molar-refractivity contribution in [2.75, 3.05) is 33.3 Å². The van der Waals surface area contributed by atoms with Gasteiger partial charge >= 0.3 is 0 Å². The van der Waals surface area contributed by atoms with Crippen molar-refractivity contribution in [3.63, 3.8) is 0 Å². The Bertz CT molecular complexity index is 313. The fourth-order valence-corrected chi connectivity index (χ4v) is 4.14. The summed E-state index contributed by atoms with van der Waals surface area (Å²) >= 11 is 0. The van der Waals surface area contributed by atoms with Gasteiger partial charge in [-0.25, -0.2) is 0 Å². The van der Waals surface area contributed by atoms with Gasteiger partial charge in [0.05, 0.1) is 6.61 Å². The maximum Gasteiger partial charge on any atom is 0.0613 e. The predicted octanol–water partition coefficient (Wildman–Crippen LogP) is 1.68. The van der Waals surface area contributed by atoms with Gasteiger partial charge in [0.1, 0.15) is 0 Å². The van der Waals surface area contributed by atoms with Crippen LogP contribution in [0.15, 0.2) is 0 Å². The molecule has 1 heterocycles. The number of nitrogens with zero attached hydrogens (tertiary/aromatic N) is 2. The first-order chi connectivity index (χ1) is 10.0. The van der Waals surface area contributed by atoms with Crippen molar-refractivity contribution in [3.8, 4) is 0 Å². The van der Waals surface area contributed by atoms with Crippen LogP contribution < -0.4 is 5.32 Å². The first kappa shape index (κ1) is 17.2. The predicted molar refractivity (Wildman–Crippen MR) is 88.6 cm³/mol. The Morgan fingerprint density at radius 3 is 2.48 bits per heavy atom. The number of piperazine rings is 1. The summed E-state index contributed by atoms with van der Waals surface area (Å²) in [5, 5.41) is 13.6. The number of likely N-dealkylation sites (N-methyl/N-ethyl adjacent to an activating group) is 1. The molecule has 4 atom stereocenters. The van der Waals surface area contributed by atoms with Gasteiger partial charge in [-0.15, -0.1) is 0 Å². The van der Waals surface area contributed by atoms with E-state index in [1.165, 1.54) is 25.9 Å². The molecule has 0 aromatic carbocycles. The highest BCUT2D eigenvalue weighted by molar-refractivity contribution is 4.98. The SMILES string of the molecule is CCCNC1(CO)CCCC(N2CC(C)N(C)C(C)C2)C1. The minimum absolute atomic E-state index is 0.0330. The van der Waals surface area contributed by atoms with E-state index in [0.717, 1.165) is 25.8 Å². The van der Waals surface area contributed by atoms with E-state index in [1.54, 1.807) is 0 Å². The van der Waals surface area contributed by atoms with E-state index in [4.69, 9.17) is 0 Å². The third-order valence-corrected chi connectivity index (χ3v) is 5.78. The number of aliphatic hydroxyl groups is 1. The Kier molecular flexibility index (Phi) is 6.06. The zero-order chi connectivity index (χ0) is 15.5. The summed E-state index contributed by atoms with van der Waals surface area (Å²) in [7, 11) is 2.24. The third kappa shape index (κ3) is 3.98. The monoisotopic (exact) mass is 297 g/mol. The molecule has 0 aromatic rings. The first-order valence-electron chi connectivity index (χ1n) is 8.83. The van der Waals surface area contributed by atoms with Crippen LogP contribution in [0.5, 0.6) is 0 Å². The largest absolute Gasteiger partial charge is 0.394 e. The van der Waals surface area contributed by atoms with Crippen LogP contribution in [-0.2, 0) is 0 Å². The summed E-state index contributed by atoms with van der Waals surface area (Å²) in [6.07, 6.45) is 5.89. The number of aliphatic hydroxyl groups excluding tert-OH is 1. The second kappa shape index (κ2) is 7.40. The number of rotatable bonds is 5. The minimum Gasteiger partial charge on any atom is -0.394 e. The van der Waals surface area contributed by atoms with E-state index >= 15 is 0 Å². The van der Waals surface area contributed by atoms with Crippen molar-refractivity contribution in [1.29, 1.82) is 0 Å². The lowest BCUT2D eigenvalue weighted by Crippen LogP contribution is -2.61. The molecule has 124 valence electrons. The molecule has 2 rings (SSSR count). The molecule has 4 heteroatoms. The van der Waals surface area contributed by atoms with Gasteiger partial charge in [-0.2, -0.15) is 0 Å². The van der Waals surface area contributed by atoms with Crippen LogP contribution in [0.25, 0.3) is 0 Å². The molecular weight excluding hydrogens is 262 g/mol. The second-order valence-corrected chi connectivity index (χ2v) is 7.43. The van der Waals surface area contributed by atoms with E-state index in [1.807, 2.05) is 0 Å². The molecule has 1 saturated carbocycles. The zero-order valence-electron chi connectivity index (χ0n) is 14.4. The summed E-state index contributed by atoms with van der Waals surface area (Å²) in [6, 6.07) is 1.89. The molecule has 1 aliphatic carbocycles. The highest BCUT2D eigenvalue weighted by atomic mass is 16.3. The quantitative estimate of drug-likeness (QED) is 0.810. The Labute approximate surface area is 130 Å². The molecule has 4 unspecified atom stereocenters. The average Bonchev–Trinajstić information content (AvgIpc) is 2.50. The molecule has 2 N–H and O–H groups in total. The van der Waals surface area contributed by atoms with Crippen LogP contribution in [0.2, 0.25) is 0 Å². The van der Waals surface area contributed by atoms with Crippen LogP contribution in [-0.4, -0.2) is 71.9 Å². The smallest absolute Gasteiger partial charge is 0.0613 e. The number of nitrogens with one attached hydrogen (secondary N) is 1. The van der Waals surface area contributed by atoms with E-state index in [2.05, 4.69) is 42.9 Å². The molecule has 0 bridgehead atoms. The molecule has 0 amide bonds. The van der Waals surface area contributed by atoms with E-state index in [0.29, 0.717) is 18.1 Å². The van der Waals surface area contributed by atoms with Crippen molar-refractivity contribution in [1.82, 2.24) is 15.1 Å². The molecule has 2 aliphatic rings. The summed E-state index contributed by atoms with van der Waals surface area (Å²) < 4.78 is 0. The minimum atomic E-state index is -0.0330. The molecule has 1 aliphatic heterocycles. The van der Waals surface area contributed by atoms with E-state index in [-0.39, 0.29) is 12.1 Å². The molecular formula is C17H35N3O. The maximum absolute atomic E-state index is 9.94. The zero-order valence-corrected chi connectivity index (χ0v) is 14.4. The van der Waals surface area contributed by atoms with Gasteiger partial charge in [-0.1, -0.05) is 6.92 Å². The van der Waals surface area contributed by atoms with Crippen molar-refractivity contribution in [3.05, 3.63) is 0 Å². The van der Waals surface area contributed by atoms with Crippen LogP contribution in [0.3, 0.4) is 0 Å². The summed E-state index contributed by atoms with van der Waals surface area (Å²) in [6.45, 7) is 10.5. The van der Waals surface area contributed by atoms with Gasteiger partial charge in [0, 0.05) is 36.8 Å². The van der Waals surface area contributed by atoms with Crippen molar-refractivity contribution in [2.24, 2.45) is 0 Å². The fraction of sp³-hybridized carbons (Fsp3) is 1.00. The summed E-state index contributed by atoms with van der Waals surface area (Å²) in [5.41, 5.74) is -0.0330. The highest BCUT2D eigenvalue weighted by Crippen LogP contribution is 2.32. The lowest BCUT2D eigenvalue weighted by molar-refractivity contribution is -0.00106. The van der Waals surface area contributed by atoms with Crippen molar-refractivity contribution in [2.45, 2.75) is 76.5 Å². The fourth-order valence-electron chi connectivity index (χ4n) is 4.14. The average molecular weight is 297 g/mol. The molecule has 0 spiro atoms. The molecule has 4 nitrogen and oxygen atoms in total. The molecule has 1 saturated heterocycles. The van der Waals surface area contributed by atoms with Gasteiger partial charge < -0.3 is 10.4 Å². The second-order valence-electron chi connectivity index (χ2n) is 7.43. The lowest BCUT2D eigenvalue weighted by atomic mass is 9.78. The highest BCUT2D eigenvalue weighted by Gasteiger charge is 2.39. The Morgan fingerprint density at radius 2 is 1.90 bits per heavy atom. The van der Waals surface area contributed by atoms with Crippen LogP contribution in [0.1, 0.15) is 52.9 Å². The normalized spacial score (nSPS) is 39.6. The van der Waals surface area contributed by atoms with Gasteiger partial charge in [0.15, 0.2) is 0 Å². The Morgan fingerprint density at radius 1 is 1.24 bits per heavy atom. The summed E-state index contributed by atoms with van der Waals surface area (Å²) in [4.78, 5) is 5.18. The van der Waals surface area contributed by atoms with Crippen LogP contribution in [0, 0.1) is 0 Å². The third-order valence-electron chi connectivity index (χ3n) is 5.78. The van der Waals surface area contributed by atoms with E-state index in [9.17, 15) is 5.11 Å². The Balaban J connectivity index is 1.99. The van der Waals surface area contributed by atoms with E-state index < -0.39 is 0 Å². The van der Waals surface area contributed by atoms with Crippen molar-refractivity contribution >= 4 is 0 Å². The first-order valence-corrected chi connectivity index (χ1v) is 8.83. The van der Waals surface area contributed by atoms with Gasteiger partial charge in [-0.3, -0.25) is 9.80 Å². The van der Waals surface area contributed by atoms with Crippen LogP contribution >= 0.6 is 0 Å². The molecule has 2 fully saturated rings. The maximum atomic E-state index is 9.94. The number of hydrogen-bond donors (Lipinski definition) is 2. The Hall–Kier alpha value is -0.160. The molecule has 21 heavy (non-hydrogen) atoms. The van der Waals surface area contributed by atoms with Gasteiger partial charge in [0.2, 0.25) is 0 Å². The van der Waals surface area contributed by atoms with Crippen molar-refractivity contribution < 1.29 is 5.11 Å². The van der Waals surface area contributed by atoms with Gasteiger partial charge in [-0.05, 0) is 59.5 Å². The lowest BCUT2D eigenvalue weighted by Gasteiger charge is -2.50.